The lowest BCUT2D eigenvalue weighted by atomic mass is 10.0. The third-order valence-electron chi connectivity index (χ3n) is 2.31. The second-order valence-electron chi connectivity index (χ2n) is 3.31. The molecule has 0 saturated heterocycles. The van der Waals surface area contributed by atoms with Gasteiger partial charge in [-0.2, -0.15) is 0 Å². The van der Waals surface area contributed by atoms with Gasteiger partial charge in [-0.1, -0.05) is 6.92 Å². The van der Waals surface area contributed by atoms with E-state index in [2.05, 4.69) is 0 Å². The molecule has 1 aromatic rings. The molecule has 82 valence electrons. The quantitative estimate of drug-likeness (QED) is 0.713. The molecule has 3 heteroatoms. The molecule has 0 bridgehead atoms. The summed E-state index contributed by atoms with van der Waals surface area (Å²) < 4.78 is 10.4. The Hall–Kier alpha value is -1.51. The number of hydrogen-bond acceptors (Lipinski definition) is 3. The molecule has 0 atom stereocenters. The van der Waals surface area contributed by atoms with Crippen LogP contribution in [0.1, 0.15) is 29.3 Å². The molecule has 0 unspecified atom stereocenters. The van der Waals surface area contributed by atoms with Gasteiger partial charge in [-0.05, 0) is 24.6 Å². The molecule has 0 fully saturated rings. The molecular weight excluding hydrogens is 192 g/mol. The Kier molecular flexibility index (Phi) is 3.72. The van der Waals surface area contributed by atoms with Crippen LogP contribution >= 0.6 is 0 Å². The fourth-order valence-corrected chi connectivity index (χ4v) is 1.52. The maximum Gasteiger partial charge on any atom is 0.163 e. The lowest BCUT2D eigenvalue weighted by Gasteiger charge is -2.11. The molecule has 1 aromatic carbocycles. The third-order valence-corrected chi connectivity index (χ3v) is 2.31. The van der Waals surface area contributed by atoms with E-state index in [1.165, 1.54) is 0 Å². The molecule has 0 heterocycles. The highest BCUT2D eigenvalue weighted by atomic mass is 16.5. The molecular formula is C12H16O3. The van der Waals surface area contributed by atoms with Crippen molar-refractivity contribution in [3.8, 4) is 11.5 Å². The summed E-state index contributed by atoms with van der Waals surface area (Å²) in [5.41, 5.74) is 1.58. The van der Waals surface area contributed by atoms with Gasteiger partial charge in [-0.3, -0.25) is 4.79 Å². The van der Waals surface area contributed by atoms with E-state index in [0.29, 0.717) is 23.5 Å². The van der Waals surface area contributed by atoms with Crippen LogP contribution < -0.4 is 9.47 Å². The molecule has 0 aliphatic rings. The zero-order valence-corrected chi connectivity index (χ0v) is 9.59. The molecule has 0 aliphatic carbocycles. The van der Waals surface area contributed by atoms with Gasteiger partial charge in [-0.15, -0.1) is 0 Å². The van der Waals surface area contributed by atoms with Crippen LogP contribution in [0.25, 0.3) is 0 Å². The van der Waals surface area contributed by atoms with Crippen LogP contribution in [0.15, 0.2) is 12.1 Å². The first-order chi connectivity index (χ1) is 7.13. The van der Waals surface area contributed by atoms with Gasteiger partial charge >= 0.3 is 0 Å². The predicted molar refractivity (Wildman–Crippen MR) is 58.9 cm³/mol. The van der Waals surface area contributed by atoms with E-state index in [1.54, 1.807) is 20.3 Å². The maximum absolute atomic E-state index is 11.5. The Morgan fingerprint density at radius 1 is 1.27 bits per heavy atom. The fraction of sp³-hybridized carbons (Fsp3) is 0.417. The van der Waals surface area contributed by atoms with Crippen LogP contribution in [0, 0.1) is 6.92 Å². The van der Waals surface area contributed by atoms with Crippen molar-refractivity contribution in [1.82, 2.24) is 0 Å². The molecule has 0 N–H and O–H groups in total. The minimum atomic E-state index is 0.110. The van der Waals surface area contributed by atoms with Crippen molar-refractivity contribution >= 4 is 5.78 Å². The summed E-state index contributed by atoms with van der Waals surface area (Å²) in [5, 5.41) is 0. The normalized spacial score (nSPS) is 9.87. The van der Waals surface area contributed by atoms with Crippen LogP contribution in [0.5, 0.6) is 11.5 Å². The summed E-state index contributed by atoms with van der Waals surface area (Å²) in [6.07, 6.45) is 0.495. The molecule has 0 radical (unpaired) electrons. The zero-order valence-electron chi connectivity index (χ0n) is 9.59. The smallest absolute Gasteiger partial charge is 0.163 e. The van der Waals surface area contributed by atoms with Gasteiger partial charge in [-0.25, -0.2) is 0 Å². The molecule has 0 amide bonds. The van der Waals surface area contributed by atoms with Gasteiger partial charge < -0.3 is 9.47 Å². The van der Waals surface area contributed by atoms with Gasteiger partial charge in [0.15, 0.2) is 17.3 Å². The van der Waals surface area contributed by atoms with Crippen LogP contribution in [0.3, 0.4) is 0 Å². The summed E-state index contributed by atoms with van der Waals surface area (Å²) in [5.74, 6) is 1.40. The van der Waals surface area contributed by atoms with Crippen molar-refractivity contribution in [1.29, 1.82) is 0 Å². The highest BCUT2D eigenvalue weighted by molar-refractivity contribution is 5.96. The lowest BCUT2D eigenvalue weighted by molar-refractivity contribution is 0.0987. The van der Waals surface area contributed by atoms with Crippen LogP contribution in [0.4, 0.5) is 0 Å². The van der Waals surface area contributed by atoms with Crippen LogP contribution in [0.2, 0.25) is 0 Å². The Bertz CT molecular complexity index is 369. The van der Waals surface area contributed by atoms with Crippen molar-refractivity contribution < 1.29 is 14.3 Å². The number of carbonyl (C=O) groups excluding carboxylic acids is 1. The second-order valence-corrected chi connectivity index (χ2v) is 3.31. The van der Waals surface area contributed by atoms with Gasteiger partial charge in [0.1, 0.15) is 0 Å². The fourth-order valence-electron chi connectivity index (χ4n) is 1.52. The Labute approximate surface area is 90.0 Å². The van der Waals surface area contributed by atoms with E-state index in [0.717, 1.165) is 5.56 Å². The minimum absolute atomic E-state index is 0.110. The average Bonchev–Trinajstić information content (AvgIpc) is 2.26. The van der Waals surface area contributed by atoms with Crippen LogP contribution in [-0.4, -0.2) is 20.0 Å². The third kappa shape index (κ3) is 2.29. The standard InChI is InChI=1S/C12H16O3/c1-5-10(13)9-6-8(2)12(15-4)11(7-9)14-3/h6-7H,5H2,1-4H3. The molecule has 15 heavy (non-hydrogen) atoms. The molecule has 1 rings (SSSR count). The van der Waals surface area contributed by atoms with Gasteiger partial charge in [0.25, 0.3) is 0 Å². The predicted octanol–water partition coefficient (Wildman–Crippen LogP) is 2.60. The Morgan fingerprint density at radius 2 is 1.93 bits per heavy atom. The molecule has 0 spiro atoms. The number of benzene rings is 1. The van der Waals surface area contributed by atoms with Gasteiger partial charge in [0.05, 0.1) is 14.2 Å². The lowest BCUT2D eigenvalue weighted by Crippen LogP contribution is -2.00. The number of carbonyl (C=O) groups is 1. The van der Waals surface area contributed by atoms with E-state index in [9.17, 15) is 4.79 Å². The zero-order chi connectivity index (χ0) is 11.4. The summed E-state index contributed by atoms with van der Waals surface area (Å²) in [4.78, 5) is 11.5. The van der Waals surface area contributed by atoms with E-state index in [-0.39, 0.29) is 5.78 Å². The largest absolute Gasteiger partial charge is 0.493 e. The minimum Gasteiger partial charge on any atom is -0.493 e. The first-order valence-electron chi connectivity index (χ1n) is 4.89. The number of ether oxygens (including phenoxy) is 2. The number of Topliss-reactive ketones (excluding diaryl/α,β-unsaturated/α-hetero) is 1. The van der Waals surface area contributed by atoms with E-state index < -0.39 is 0 Å². The number of methoxy groups -OCH3 is 2. The summed E-state index contributed by atoms with van der Waals surface area (Å²) in [6.45, 7) is 3.74. The maximum atomic E-state index is 11.5. The van der Waals surface area contributed by atoms with Gasteiger partial charge in [0.2, 0.25) is 0 Å². The summed E-state index contributed by atoms with van der Waals surface area (Å²) >= 11 is 0. The van der Waals surface area contributed by atoms with E-state index in [4.69, 9.17) is 9.47 Å². The molecule has 3 nitrogen and oxygen atoms in total. The van der Waals surface area contributed by atoms with Crippen molar-refractivity contribution in [3.63, 3.8) is 0 Å². The van der Waals surface area contributed by atoms with Crippen molar-refractivity contribution in [2.75, 3.05) is 14.2 Å². The molecule has 0 saturated carbocycles. The highest BCUT2D eigenvalue weighted by Crippen LogP contribution is 2.32. The van der Waals surface area contributed by atoms with Crippen molar-refractivity contribution in [2.24, 2.45) is 0 Å². The Balaban J connectivity index is 3.25. The first kappa shape index (κ1) is 11.6. The van der Waals surface area contributed by atoms with Crippen molar-refractivity contribution in [3.05, 3.63) is 23.3 Å². The Morgan fingerprint density at radius 3 is 2.40 bits per heavy atom. The van der Waals surface area contributed by atoms with Gasteiger partial charge in [0, 0.05) is 12.0 Å². The van der Waals surface area contributed by atoms with E-state index >= 15 is 0 Å². The molecule has 0 aliphatic heterocycles. The van der Waals surface area contributed by atoms with Crippen molar-refractivity contribution in [2.45, 2.75) is 20.3 Å². The highest BCUT2D eigenvalue weighted by Gasteiger charge is 2.12. The molecule has 0 aromatic heterocycles. The SMILES string of the molecule is CCC(=O)c1cc(C)c(OC)c(OC)c1. The summed E-state index contributed by atoms with van der Waals surface area (Å²) in [7, 11) is 3.16. The van der Waals surface area contributed by atoms with E-state index in [1.807, 2.05) is 19.9 Å². The number of rotatable bonds is 4. The summed E-state index contributed by atoms with van der Waals surface area (Å²) in [6, 6.07) is 3.55. The monoisotopic (exact) mass is 208 g/mol. The second kappa shape index (κ2) is 4.82. The number of aryl methyl sites for hydroxylation is 1. The topological polar surface area (TPSA) is 35.5 Å². The van der Waals surface area contributed by atoms with Crippen LogP contribution in [-0.2, 0) is 0 Å². The average molecular weight is 208 g/mol. The first-order valence-corrected chi connectivity index (χ1v) is 4.89. The number of hydrogen-bond donors (Lipinski definition) is 0. The number of ketones is 1.